The summed E-state index contributed by atoms with van der Waals surface area (Å²) in [5, 5.41) is 0. The van der Waals surface area contributed by atoms with Crippen LogP contribution in [-0.4, -0.2) is 28.0 Å². The Morgan fingerprint density at radius 3 is 1.32 bits per heavy atom. The third kappa shape index (κ3) is 14.7. The van der Waals surface area contributed by atoms with Crippen molar-refractivity contribution in [3.8, 4) is 17.2 Å². The number of rotatable bonds is 20. The molecule has 1 heterocycles. The smallest absolute Gasteiger partial charge is 0.168 e. The number of unbranched alkanes of at least 4 members (excludes halogenated alkanes) is 9. The van der Waals surface area contributed by atoms with E-state index in [9.17, 15) is 0 Å². The average molecular weight is 637 g/mol. The zero-order chi connectivity index (χ0) is 33.5. The Balaban J connectivity index is 0.000000756. The quantitative estimate of drug-likeness (QED) is 0.0550. The first-order valence-corrected chi connectivity index (χ1v) is 17.9. The molecule has 0 spiro atoms. The minimum atomic E-state index is 0.476. The van der Waals surface area contributed by atoms with Crippen LogP contribution in [0.5, 0.6) is 17.2 Å². The Hall–Kier alpha value is -3.73. The van der Waals surface area contributed by atoms with Gasteiger partial charge in [0.25, 0.3) is 0 Å². The van der Waals surface area contributed by atoms with Gasteiger partial charge in [-0.15, -0.1) is 0 Å². The van der Waals surface area contributed by atoms with E-state index in [0.717, 1.165) is 29.9 Å². The van der Waals surface area contributed by atoms with Crippen LogP contribution in [-0.2, 0) is 19.7 Å². The normalized spacial score (nSPS) is 11.3. The van der Waals surface area contributed by atoms with Gasteiger partial charge in [-0.2, -0.15) is 0 Å². The zero-order valence-electron chi connectivity index (χ0n) is 29.8. The van der Waals surface area contributed by atoms with Crippen LogP contribution in [0, 0.1) is 0 Å². The molecular formula is C42H59BNO3+. The number of methoxy groups -OCH3 is 3. The molecule has 0 amide bonds. The van der Waals surface area contributed by atoms with Gasteiger partial charge in [-0.1, -0.05) is 137 Å². The highest BCUT2D eigenvalue weighted by molar-refractivity contribution is 6.59. The number of benzene rings is 3. The van der Waals surface area contributed by atoms with E-state index < -0.39 is 0 Å². The maximum atomic E-state index is 5.49. The predicted octanol–water partition coefficient (Wildman–Crippen LogP) is 10.2. The van der Waals surface area contributed by atoms with Crippen LogP contribution in [0.15, 0.2) is 103 Å². The van der Waals surface area contributed by atoms with E-state index in [2.05, 4.69) is 79.7 Å². The van der Waals surface area contributed by atoms with Crippen molar-refractivity contribution in [2.75, 3.05) is 21.3 Å². The molecule has 0 saturated heterocycles. The number of aryl methyl sites for hydroxylation is 1. The Morgan fingerprint density at radius 2 is 0.936 bits per heavy atom. The molecule has 0 aliphatic heterocycles. The SMILES string of the molecule is CCCCCCCCCCCCC(B(Cc1ccc(OC)cc1)Cc1ccc(OC)cc1)c1ccc(OC)cc1.C[n+]1ccccc1. The molecule has 0 bridgehead atoms. The molecule has 0 aliphatic carbocycles. The number of aromatic nitrogens is 1. The van der Waals surface area contributed by atoms with Gasteiger partial charge in [0.1, 0.15) is 24.3 Å². The minimum Gasteiger partial charge on any atom is -0.497 e. The number of hydrogen-bond donors (Lipinski definition) is 0. The van der Waals surface area contributed by atoms with Gasteiger partial charge in [-0.25, -0.2) is 4.57 Å². The van der Waals surface area contributed by atoms with Gasteiger partial charge >= 0.3 is 0 Å². The molecule has 1 aromatic heterocycles. The van der Waals surface area contributed by atoms with Gasteiger partial charge in [-0.3, -0.25) is 0 Å². The van der Waals surface area contributed by atoms with Crippen LogP contribution in [0.2, 0.25) is 0 Å². The van der Waals surface area contributed by atoms with Crippen molar-refractivity contribution in [3.05, 3.63) is 120 Å². The number of pyridine rings is 1. The molecule has 1 unspecified atom stereocenters. The minimum absolute atomic E-state index is 0.476. The third-order valence-corrected chi connectivity index (χ3v) is 9.16. The summed E-state index contributed by atoms with van der Waals surface area (Å²) >= 11 is 0. The first-order chi connectivity index (χ1) is 23.1. The summed E-state index contributed by atoms with van der Waals surface area (Å²) in [7, 11) is 7.20. The summed E-state index contributed by atoms with van der Waals surface area (Å²) in [6.07, 6.45) is 20.9. The van der Waals surface area contributed by atoms with Crippen LogP contribution >= 0.6 is 0 Å². The fraction of sp³-hybridized carbons (Fsp3) is 0.452. The van der Waals surface area contributed by atoms with E-state index in [-0.39, 0.29) is 0 Å². The van der Waals surface area contributed by atoms with Crippen LogP contribution in [0.25, 0.3) is 0 Å². The van der Waals surface area contributed by atoms with Crippen molar-refractivity contribution in [2.24, 2.45) is 7.05 Å². The summed E-state index contributed by atoms with van der Waals surface area (Å²) in [5.74, 6) is 3.22. The van der Waals surface area contributed by atoms with E-state index >= 15 is 0 Å². The summed E-state index contributed by atoms with van der Waals surface area (Å²) in [5.41, 5.74) is 4.14. The molecule has 0 radical (unpaired) electrons. The second-order valence-corrected chi connectivity index (χ2v) is 12.8. The molecule has 252 valence electrons. The molecule has 3 aromatic carbocycles. The van der Waals surface area contributed by atoms with Crippen LogP contribution in [0.3, 0.4) is 0 Å². The average Bonchev–Trinajstić information content (AvgIpc) is 3.12. The topological polar surface area (TPSA) is 31.6 Å². The fourth-order valence-electron chi connectivity index (χ4n) is 6.35. The summed E-state index contributed by atoms with van der Waals surface area (Å²) in [4.78, 5) is 0. The standard InChI is InChI=1S/C36H51BO3.C6H8N/c1-5-6-7-8-9-10-11-12-13-14-15-36(32-20-26-35(40-4)27-21-32)37(28-30-16-22-33(38-2)23-17-30)29-31-18-24-34(39-3)25-19-31;1-7-5-3-2-4-6-7/h16-27,36H,5-15,28-29H2,1-4H3;2-6H,1H3/q;+1. The molecule has 47 heavy (non-hydrogen) atoms. The number of nitrogens with zero attached hydrogens (tertiary/aromatic N) is 1. The Labute approximate surface area is 286 Å². The molecule has 5 heteroatoms. The zero-order valence-corrected chi connectivity index (χ0v) is 29.8. The van der Waals surface area contributed by atoms with Gasteiger partial charge in [-0.05, 0) is 54.9 Å². The van der Waals surface area contributed by atoms with Crippen LogP contribution in [0.1, 0.15) is 100 Å². The summed E-state index contributed by atoms with van der Waals surface area (Å²) < 4.78 is 18.3. The number of hydrogen-bond acceptors (Lipinski definition) is 3. The van der Waals surface area contributed by atoms with E-state index in [0.29, 0.717) is 12.5 Å². The van der Waals surface area contributed by atoms with Crippen LogP contribution < -0.4 is 18.8 Å². The lowest BCUT2D eigenvalue weighted by molar-refractivity contribution is -0.671. The number of ether oxygens (including phenoxy) is 3. The molecule has 1 atom stereocenters. The monoisotopic (exact) mass is 636 g/mol. The van der Waals surface area contributed by atoms with Crippen molar-refractivity contribution in [2.45, 2.75) is 96.0 Å². The largest absolute Gasteiger partial charge is 0.497 e. The molecule has 4 nitrogen and oxygen atoms in total. The Morgan fingerprint density at radius 1 is 0.532 bits per heavy atom. The van der Waals surface area contributed by atoms with Gasteiger partial charge in [0.15, 0.2) is 19.1 Å². The van der Waals surface area contributed by atoms with Gasteiger partial charge < -0.3 is 14.2 Å². The van der Waals surface area contributed by atoms with Crippen molar-refractivity contribution in [3.63, 3.8) is 0 Å². The third-order valence-electron chi connectivity index (χ3n) is 9.16. The highest BCUT2D eigenvalue weighted by Crippen LogP contribution is 2.31. The maximum Gasteiger partial charge on any atom is 0.168 e. The lowest BCUT2D eigenvalue weighted by Gasteiger charge is -2.26. The molecule has 4 aromatic rings. The van der Waals surface area contributed by atoms with E-state index in [1.165, 1.54) is 87.3 Å². The second kappa shape index (κ2) is 22.7. The van der Waals surface area contributed by atoms with Gasteiger partial charge in [0.05, 0.1) is 21.3 Å². The molecule has 4 rings (SSSR count). The van der Waals surface area contributed by atoms with E-state index in [1.54, 1.807) is 21.3 Å². The maximum absolute atomic E-state index is 5.49. The van der Waals surface area contributed by atoms with Crippen molar-refractivity contribution in [1.82, 2.24) is 0 Å². The highest BCUT2D eigenvalue weighted by Gasteiger charge is 2.27. The first kappa shape index (κ1) is 37.7. The predicted molar refractivity (Wildman–Crippen MR) is 199 cm³/mol. The molecular weight excluding hydrogens is 577 g/mol. The Bertz CT molecular complexity index is 1280. The summed E-state index contributed by atoms with van der Waals surface area (Å²) in [6.45, 7) is 2.77. The van der Waals surface area contributed by atoms with Crippen molar-refractivity contribution < 1.29 is 18.8 Å². The fourth-order valence-corrected chi connectivity index (χ4v) is 6.35. The van der Waals surface area contributed by atoms with Crippen molar-refractivity contribution in [1.29, 1.82) is 0 Å². The molecule has 0 aliphatic rings. The highest BCUT2D eigenvalue weighted by atomic mass is 16.5. The molecule has 0 saturated carbocycles. The van der Waals surface area contributed by atoms with Crippen LogP contribution in [0.4, 0.5) is 0 Å². The molecule has 0 fully saturated rings. The second-order valence-electron chi connectivity index (χ2n) is 12.8. The lowest BCUT2D eigenvalue weighted by atomic mass is 9.34. The van der Waals surface area contributed by atoms with Crippen molar-refractivity contribution >= 4 is 6.71 Å². The van der Waals surface area contributed by atoms with E-state index in [1.807, 2.05) is 42.2 Å². The first-order valence-electron chi connectivity index (χ1n) is 17.9. The lowest BCUT2D eigenvalue weighted by Crippen LogP contribution is -2.30. The van der Waals surface area contributed by atoms with Gasteiger partial charge in [0.2, 0.25) is 0 Å². The molecule has 0 N–H and O–H groups in total. The Kier molecular flexibility index (Phi) is 18.3. The summed E-state index contributed by atoms with van der Waals surface area (Å²) in [6, 6.07) is 32.1. The van der Waals surface area contributed by atoms with Gasteiger partial charge in [0, 0.05) is 12.1 Å². The van der Waals surface area contributed by atoms with E-state index in [4.69, 9.17) is 14.2 Å².